The number of hydrogen-bond donors (Lipinski definition) is 0. The van der Waals surface area contributed by atoms with Crippen molar-refractivity contribution >= 4 is 11.6 Å². The molecule has 0 aromatic carbocycles. The third-order valence-corrected chi connectivity index (χ3v) is 1.000. The molecule has 1 rings (SSSR count). The summed E-state index contributed by atoms with van der Waals surface area (Å²) in [6.45, 7) is 0. The van der Waals surface area contributed by atoms with Gasteiger partial charge in [-0.15, -0.1) is 0 Å². The van der Waals surface area contributed by atoms with Gasteiger partial charge >= 0.3 is 0 Å². The number of thiol groups is 1. The van der Waals surface area contributed by atoms with E-state index in [0.29, 0.717) is 0 Å². The Bertz CT molecular complexity index is 58.1. The minimum atomic E-state index is -1.08. The standard InChI is InChI=1S/C4H8.HO2S/c1-2-4-3-1;1-3-2/h1-4H2;3H/q;-1. The lowest BCUT2D eigenvalue weighted by molar-refractivity contribution is 0.504. The van der Waals surface area contributed by atoms with Gasteiger partial charge in [0.05, 0.1) is 0 Å². The van der Waals surface area contributed by atoms with E-state index in [1.165, 1.54) is 25.7 Å². The van der Waals surface area contributed by atoms with E-state index in [0.717, 1.165) is 0 Å². The molecule has 0 heterocycles. The lowest BCUT2D eigenvalue weighted by Gasteiger charge is -2.05. The zero-order chi connectivity index (χ0) is 5.54. The van der Waals surface area contributed by atoms with Crippen LogP contribution in [0.25, 0.3) is 0 Å². The predicted octanol–water partition coefficient (Wildman–Crippen LogP) is 1.05. The maximum atomic E-state index is 8.35. The van der Waals surface area contributed by atoms with Crippen LogP contribution in [0, 0.1) is 0 Å². The van der Waals surface area contributed by atoms with E-state index in [1.807, 2.05) is 0 Å². The first-order valence-electron chi connectivity index (χ1n) is 2.37. The molecule has 0 N–H and O–H groups in total. The molecule has 3 heteroatoms. The zero-order valence-corrected chi connectivity index (χ0v) is 4.99. The Morgan fingerprint density at radius 1 is 0.857 bits per heavy atom. The first-order chi connectivity index (χ1) is 3.41. The molecule has 1 aliphatic carbocycles. The molecule has 0 amide bonds. The van der Waals surface area contributed by atoms with Gasteiger partial charge in [-0.3, -0.25) is 0 Å². The van der Waals surface area contributed by atoms with Crippen LogP contribution >= 0.6 is 0 Å². The highest BCUT2D eigenvalue weighted by atomic mass is 32.1. The summed E-state index contributed by atoms with van der Waals surface area (Å²) < 4.78 is 16.7. The Kier molecular flexibility index (Phi) is 5.91. The van der Waals surface area contributed by atoms with E-state index in [2.05, 4.69) is 0 Å². The average molecular weight is 121 g/mol. The van der Waals surface area contributed by atoms with Crippen molar-refractivity contribution in [3.8, 4) is 0 Å². The Morgan fingerprint density at radius 2 is 1.00 bits per heavy atom. The maximum absolute atomic E-state index is 8.35. The minimum absolute atomic E-state index is 1.08. The molecule has 0 spiro atoms. The third-order valence-electron chi connectivity index (χ3n) is 1.000. The van der Waals surface area contributed by atoms with Gasteiger partial charge in [-0.2, -0.15) is 0 Å². The molecule has 0 radical (unpaired) electrons. The fraction of sp³-hybridized carbons (Fsp3) is 1.00. The lowest BCUT2D eigenvalue weighted by atomic mass is 10.0. The topological polar surface area (TPSA) is 34.1 Å². The monoisotopic (exact) mass is 121 g/mol. The summed E-state index contributed by atoms with van der Waals surface area (Å²) in [7, 11) is 0. The first kappa shape index (κ1) is 6.95. The van der Waals surface area contributed by atoms with E-state index >= 15 is 0 Å². The quantitative estimate of drug-likeness (QED) is 0.354. The van der Waals surface area contributed by atoms with Crippen LogP contribution in [0.4, 0.5) is 0 Å². The van der Waals surface area contributed by atoms with E-state index in [-0.39, 0.29) is 0 Å². The van der Waals surface area contributed by atoms with Gasteiger partial charge in [0.1, 0.15) is 0 Å². The molecule has 0 aromatic heterocycles. The van der Waals surface area contributed by atoms with Crippen molar-refractivity contribution in [2.24, 2.45) is 0 Å². The summed E-state index contributed by atoms with van der Waals surface area (Å²) in [5.74, 6) is 0. The smallest absolute Gasteiger partial charge is 0.0533 e. The lowest BCUT2D eigenvalue weighted by Crippen LogP contribution is -1.85. The van der Waals surface area contributed by atoms with Gasteiger partial charge in [-0.1, -0.05) is 37.3 Å². The van der Waals surface area contributed by atoms with Crippen molar-refractivity contribution < 1.29 is 8.42 Å². The number of rotatable bonds is 0. The van der Waals surface area contributed by atoms with Gasteiger partial charge in [0, 0.05) is 0 Å². The van der Waals surface area contributed by atoms with Crippen LogP contribution in [0.5, 0.6) is 0 Å². The second kappa shape index (κ2) is 5.95. The molecule has 1 saturated carbocycles. The Morgan fingerprint density at radius 3 is 1.00 bits per heavy atom. The summed E-state index contributed by atoms with van der Waals surface area (Å²) in [6, 6.07) is 0. The van der Waals surface area contributed by atoms with Crippen LogP contribution in [-0.2, 0) is 20.0 Å². The molecule has 0 unspecified atom stereocenters. The highest BCUT2D eigenvalue weighted by Crippen LogP contribution is 2.15. The Labute approximate surface area is 46.5 Å². The normalized spacial score (nSPS) is 16.0. The number of hydrogen-bond acceptors (Lipinski definition) is 3. The molecule has 0 saturated heterocycles. The van der Waals surface area contributed by atoms with Gasteiger partial charge < -0.3 is 8.42 Å². The van der Waals surface area contributed by atoms with Crippen LogP contribution in [-0.4, -0.2) is 0 Å². The molecular weight excluding hydrogens is 112 g/mol. The average Bonchev–Trinajstić information content (AvgIpc) is 1.27. The molecule has 1 fully saturated rings. The van der Waals surface area contributed by atoms with Crippen molar-refractivity contribution in [3.63, 3.8) is 0 Å². The van der Waals surface area contributed by atoms with Gasteiger partial charge in [0.15, 0.2) is 0 Å². The Hall–Kier alpha value is -0.0500. The Balaban J connectivity index is 0.000000110. The van der Waals surface area contributed by atoms with Crippen molar-refractivity contribution in [3.05, 3.63) is 0 Å². The molecule has 0 aliphatic heterocycles. The van der Waals surface area contributed by atoms with E-state index < -0.39 is 11.6 Å². The maximum Gasteiger partial charge on any atom is -0.0533 e. The van der Waals surface area contributed by atoms with Crippen LogP contribution < -0.4 is 0 Å². The molecule has 0 aromatic rings. The van der Waals surface area contributed by atoms with Gasteiger partial charge in [-0.05, 0) is 0 Å². The molecule has 0 bridgehead atoms. The molecular formula is C4H9O2S-. The SMILES string of the molecule is C1CCC1.O=[SH-]=O. The van der Waals surface area contributed by atoms with Crippen LogP contribution in [0.1, 0.15) is 25.7 Å². The van der Waals surface area contributed by atoms with Gasteiger partial charge in [0.25, 0.3) is 0 Å². The summed E-state index contributed by atoms with van der Waals surface area (Å²) >= 11 is -1.08. The van der Waals surface area contributed by atoms with Gasteiger partial charge in [-0.25, -0.2) is 0 Å². The summed E-state index contributed by atoms with van der Waals surface area (Å²) in [5, 5.41) is 0. The second-order valence-electron chi connectivity index (χ2n) is 1.49. The highest BCUT2D eigenvalue weighted by Gasteiger charge is 1.95. The van der Waals surface area contributed by atoms with Crippen LogP contribution in [0.3, 0.4) is 0 Å². The van der Waals surface area contributed by atoms with E-state index in [9.17, 15) is 0 Å². The highest BCUT2D eigenvalue weighted by molar-refractivity contribution is 7.51. The fourth-order valence-corrected chi connectivity index (χ4v) is 0.250. The summed E-state index contributed by atoms with van der Waals surface area (Å²) in [6.07, 6.45) is 6.00. The molecule has 1 aliphatic rings. The van der Waals surface area contributed by atoms with Crippen molar-refractivity contribution in [2.75, 3.05) is 0 Å². The molecule has 44 valence electrons. The minimum Gasteiger partial charge on any atom is -0.427 e. The fourth-order valence-electron chi connectivity index (χ4n) is 0.250. The molecule has 7 heavy (non-hydrogen) atoms. The van der Waals surface area contributed by atoms with Crippen LogP contribution in [0.2, 0.25) is 0 Å². The van der Waals surface area contributed by atoms with Crippen molar-refractivity contribution in [1.82, 2.24) is 0 Å². The second-order valence-corrected chi connectivity index (χ2v) is 1.64. The predicted molar refractivity (Wildman–Crippen MR) is 28.6 cm³/mol. The molecule has 2 nitrogen and oxygen atoms in total. The van der Waals surface area contributed by atoms with E-state index in [4.69, 9.17) is 8.42 Å². The molecule has 0 atom stereocenters. The van der Waals surface area contributed by atoms with Crippen molar-refractivity contribution in [1.29, 1.82) is 0 Å². The largest absolute Gasteiger partial charge is 0.427 e. The van der Waals surface area contributed by atoms with E-state index in [1.54, 1.807) is 0 Å². The van der Waals surface area contributed by atoms with Gasteiger partial charge in [0.2, 0.25) is 0 Å². The van der Waals surface area contributed by atoms with Crippen molar-refractivity contribution in [2.45, 2.75) is 25.7 Å². The summed E-state index contributed by atoms with van der Waals surface area (Å²) in [4.78, 5) is 0. The summed E-state index contributed by atoms with van der Waals surface area (Å²) in [5.41, 5.74) is 0. The van der Waals surface area contributed by atoms with Crippen LogP contribution in [0.15, 0.2) is 0 Å². The first-order valence-corrected chi connectivity index (χ1v) is 3.10. The zero-order valence-electron chi connectivity index (χ0n) is 4.09. The third kappa shape index (κ3) is 5.95.